The van der Waals surface area contributed by atoms with Crippen LogP contribution in [-0.2, 0) is 7.05 Å². The molecule has 21 heavy (non-hydrogen) atoms. The molecule has 3 heterocycles. The molecule has 0 aliphatic carbocycles. The highest BCUT2D eigenvalue weighted by atomic mass is 32.1. The molecule has 2 aromatic rings. The molecule has 1 unspecified atom stereocenters. The molecule has 5 heteroatoms. The van der Waals surface area contributed by atoms with E-state index in [1.807, 2.05) is 12.4 Å². The fourth-order valence-electron chi connectivity index (χ4n) is 3.05. The van der Waals surface area contributed by atoms with Crippen molar-refractivity contribution < 1.29 is 0 Å². The van der Waals surface area contributed by atoms with E-state index in [9.17, 15) is 0 Å². The quantitative estimate of drug-likeness (QED) is 0.922. The number of likely N-dealkylation sites (tertiary alicyclic amines) is 1. The van der Waals surface area contributed by atoms with Crippen LogP contribution in [0.25, 0.3) is 0 Å². The summed E-state index contributed by atoms with van der Waals surface area (Å²) < 4.78 is 2.12. The van der Waals surface area contributed by atoms with Gasteiger partial charge in [-0.1, -0.05) is 13.0 Å². The first-order valence-corrected chi connectivity index (χ1v) is 8.65. The summed E-state index contributed by atoms with van der Waals surface area (Å²) in [7, 11) is 2.07. The van der Waals surface area contributed by atoms with Gasteiger partial charge in [0, 0.05) is 30.4 Å². The third kappa shape index (κ3) is 3.36. The zero-order valence-corrected chi connectivity index (χ0v) is 13.6. The van der Waals surface area contributed by atoms with E-state index >= 15 is 0 Å². The van der Waals surface area contributed by atoms with Crippen LogP contribution < -0.4 is 5.32 Å². The molecule has 0 amide bonds. The van der Waals surface area contributed by atoms with Gasteiger partial charge in [-0.25, -0.2) is 4.98 Å². The Hall–Kier alpha value is -1.17. The first-order chi connectivity index (χ1) is 10.3. The standard InChI is InChI=1S/C16H24N4S/c1-3-20-9-6-13(7-10-20)18-15(14-5-4-12-21-14)16-17-8-11-19(16)2/h4-5,8,11-13,15,18H,3,6-7,9-10H2,1-2H3. The fraction of sp³-hybridized carbons (Fsp3) is 0.562. The van der Waals surface area contributed by atoms with Crippen molar-refractivity contribution in [3.05, 3.63) is 40.6 Å². The van der Waals surface area contributed by atoms with Gasteiger partial charge in [0.15, 0.2) is 0 Å². The summed E-state index contributed by atoms with van der Waals surface area (Å²) in [5.74, 6) is 1.11. The summed E-state index contributed by atoms with van der Waals surface area (Å²) in [6, 6.07) is 5.12. The van der Waals surface area contributed by atoms with Crippen molar-refractivity contribution in [3.63, 3.8) is 0 Å². The molecule has 1 aliphatic rings. The van der Waals surface area contributed by atoms with Gasteiger partial charge in [0.2, 0.25) is 0 Å². The third-order valence-electron chi connectivity index (χ3n) is 4.38. The molecule has 0 bridgehead atoms. The molecule has 1 fully saturated rings. The summed E-state index contributed by atoms with van der Waals surface area (Å²) in [5.41, 5.74) is 0. The normalized spacial score (nSPS) is 19.0. The molecule has 0 aromatic carbocycles. The van der Waals surface area contributed by atoms with Crippen LogP contribution in [0, 0.1) is 0 Å². The van der Waals surface area contributed by atoms with Gasteiger partial charge < -0.3 is 14.8 Å². The van der Waals surface area contributed by atoms with Gasteiger partial charge in [-0.2, -0.15) is 0 Å². The molecule has 0 radical (unpaired) electrons. The average molecular weight is 304 g/mol. The van der Waals surface area contributed by atoms with Crippen LogP contribution >= 0.6 is 11.3 Å². The number of nitrogens with zero attached hydrogens (tertiary/aromatic N) is 3. The maximum atomic E-state index is 4.57. The first-order valence-electron chi connectivity index (χ1n) is 7.77. The van der Waals surface area contributed by atoms with E-state index in [4.69, 9.17) is 0 Å². The second-order valence-electron chi connectivity index (χ2n) is 5.72. The van der Waals surface area contributed by atoms with Gasteiger partial charge in [-0.05, 0) is 43.9 Å². The molecule has 114 valence electrons. The Morgan fingerprint density at radius 2 is 2.24 bits per heavy atom. The van der Waals surface area contributed by atoms with Crippen LogP contribution in [0.3, 0.4) is 0 Å². The van der Waals surface area contributed by atoms with Crippen LogP contribution in [-0.4, -0.2) is 40.1 Å². The lowest BCUT2D eigenvalue weighted by Crippen LogP contribution is -2.44. The minimum atomic E-state index is 0.211. The van der Waals surface area contributed by atoms with E-state index in [2.05, 4.69) is 51.3 Å². The number of hydrogen-bond acceptors (Lipinski definition) is 4. The third-order valence-corrected chi connectivity index (χ3v) is 5.32. The van der Waals surface area contributed by atoms with Gasteiger partial charge in [0.1, 0.15) is 11.9 Å². The number of rotatable bonds is 5. The van der Waals surface area contributed by atoms with Crippen LogP contribution in [0.1, 0.15) is 36.5 Å². The van der Waals surface area contributed by atoms with Crippen LogP contribution in [0.2, 0.25) is 0 Å². The average Bonchev–Trinajstić information content (AvgIpc) is 3.17. The maximum Gasteiger partial charge on any atom is 0.131 e. The van der Waals surface area contributed by atoms with E-state index < -0.39 is 0 Å². The van der Waals surface area contributed by atoms with Gasteiger partial charge >= 0.3 is 0 Å². The Bertz CT molecular complexity index is 540. The topological polar surface area (TPSA) is 33.1 Å². The molecule has 3 rings (SSSR count). The molecular formula is C16H24N4S. The monoisotopic (exact) mass is 304 g/mol. The van der Waals surface area contributed by atoms with Gasteiger partial charge in [-0.15, -0.1) is 11.3 Å². The number of piperidine rings is 1. The second kappa shape index (κ2) is 6.73. The molecule has 1 atom stereocenters. The lowest BCUT2D eigenvalue weighted by molar-refractivity contribution is 0.201. The highest BCUT2D eigenvalue weighted by Gasteiger charge is 2.25. The lowest BCUT2D eigenvalue weighted by atomic mass is 10.0. The molecule has 1 N–H and O–H groups in total. The minimum absolute atomic E-state index is 0.211. The van der Waals surface area contributed by atoms with Crippen LogP contribution in [0.4, 0.5) is 0 Å². The van der Waals surface area contributed by atoms with Crippen molar-refractivity contribution in [1.82, 2.24) is 19.8 Å². The number of thiophene rings is 1. The Morgan fingerprint density at radius 3 is 2.81 bits per heavy atom. The van der Waals surface area contributed by atoms with Crippen molar-refractivity contribution in [1.29, 1.82) is 0 Å². The molecular weight excluding hydrogens is 280 g/mol. The van der Waals surface area contributed by atoms with E-state index in [0.29, 0.717) is 6.04 Å². The zero-order valence-electron chi connectivity index (χ0n) is 12.8. The van der Waals surface area contributed by atoms with Crippen molar-refractivity contribution in [2.24, 2.45) is 7.05 Å². The summed E-state index contributed by atoms with van der Waals surface area (Å²) in [6.45, 7) is 5.81. The summed E-state index contributed by atoms with van der Waals surface area (Å²) in [5, 5.41) is 5.99. The Kier molecular flexibility index (Phi) is 4.73. The summed E-state index contributed by atoms with van der Waals surface area (Å²) >= 11 is 1.81. The predicted octanol–water partition coefficient (Wildman–Crippen LogP) is 2.64. The fourth-order valence-corrected chi connectivity index (χ4v) is 3.83. The number of aryl methyl sites for hydroxylation is 1. The molecule has 4 nitrogen and oxygen atoms in total. The van der Waals surface area contributed by atoms with E-state index in [0.717, 1.165) is 5.82 Å². The second-order valence-corrected chi connectivity index (χ2v) is 6.70. The number of hydrogen-bond donors (Lipinski definition) is 1. The number of nitrogens with one attached hydrogen (secondary N) is 1. The van der Waals surface area contributed by atoms with Crippen molar-refractivity contribution in [2.75, 3.05) is 19.6 Å². The van der Waals surface area contributed by atoms with E-state index in [1.165, 1.54) is 37.4 Å². The zero-order chi connectivity index (χ0) is 14.7. The summed E-state index contributed by atoms with van der Waals surface area (Å²) in [6.07, 6.45) is 6.36. The van der Waals surface area contributed by atoms with E-state index in [-0.39, 0.29) is 6.04 Å². The van der Waals surface area contributed by atoms with Crippen molar-refractivity contribution in [2.45, 2.75) is 31.8 Å². The largest absolute Gasteiger partial charge is 0.336 e. The molecule has 1 saturated heterocycles. The summed E-state index contributed by atoms with van der Waals surface area (Å²) in [4.78, 5) is 8.44. The number of aromatic nitrogens is 2. The minimum Gasteiger partial charge on any atom is -0.336 e. The van der Waals surface area contributed by atoms with E-state index in [1.54, 1.807) is 11.3 Å². The predicted molar refractivity (Wildman–Crippen MR) is 87.6 cm³/mol. The van der Waals surface area contributed by atoms with Gasteiger partial charge in [-0.3, -0.25) is 0 Å². The maximum absolute atomic E-state index is 4.57. The number of imidazole rings is 1. The van der Waals surface area contributed by atoms with Gasteiger partial charge in [0.05, 0.1) is 0 Å². The smallest absolute Gasteiger partial charge is 0.131 e. The Morgan fingerprint density at radius 1 is 1.43 bits per heavy atom. The van der Waals surface area contributed by atoms with Crippen molar-refractivity contribution >= 4 is 11.3 Å². The molecule has 0 saturated carbocycles. The van der Waals surface area contributed by atoms with Crippen LogP contribution in [0.5, 0.6) is 0 Å². The molecule has 2 aromatic heterocycles. The SMILES string of the molecule is CCN1CCC(NC(c2cccs2)c2nccn2C)CC1. The highest BCUT2D eigenvalue weighted by Crippen LogP contribution is 2.26. The first kappa shape index (κ1) is 14.8. The van der Waals surface area contributed by atoms with Crippen molar-refractivity contribution in [3.8, 4) is 0 Å². The lowest BCUT2D eigenvalue weighted by Gasteiger charge is -2.33. The highest BCUT2D eigenvalue weighted by molar-refractivity contribution is 7.10. The molecule has 1 aliphatic heterocycles. The Labute approximate surface area is 130 Å². The molecule has 0 spiro atoms. The van der Waals surface area contributed by atoms with Crippen LogP contribution in [0.15, 0.2) is 29.9 Å². The Balaban J connectivity index is 1.74. The van der Waals surface area contributed by atoms with Gasteiger partial charge in [0.25, 0.3) is 0 Å².